The fraction of sp³-hybridized carbons (Fsp3) is 0.100. The molecule has 0 bridgehead atoms. The third-order valence-corrected chi connectivity index (χ3v) is 2.07. The molecule has 0 N–H and O–H groups in total. The molecule has 0 saturated carbocycles. The van der Waals surface area contributed by atoms with Gasteiger partial charge >= 0.3 is 0 Å². The van der Waals surface area contributed by atoms with E-state index in [2.05, 4.69) is 12.6 Å². The Hall–Kier alpha value is -0.910. The van der Waals surface area contributed by atoms with Crippen LogP contribution in [-0.4, -0.2) is 5.75 Å². The Morgan fingerprint density at radius 1 is 1.54 bits per heavy atom. The van der Waals surface area contributed by atoms with Crippen molar-refractivity contribution in [3.05, 3.63) is 40.4 Å². The second kappa shape index (κ2) is 4.96. The van der Waals surface area contributed by atoms with E-state index in [9.17, 15) is 0 Å². The van der Waals surface area contributed by atoms with E-state index in [4.69, 9.17) is 16.9 Å². The predicted molar refractivity (Wildman–Crippen MR) is 59.1 cm³/mol. The van der Waals surface area contributed by atoms with Crippen LogP contribution in [0.4, 0.5) is 0 Å². The summed E-state index contributed by atoms with van der Waals surface area (Å²) in [6.45, 7) is 0. The molecule has 13 heavy (non-hydrogen) atoms. The molecule has 0 radical (unpaired) electrons. The Labute approximate surface area is 88.1 Å². The van der Waals surface area contributed by atoms with Crippen LogP contribution in [0.25, 0.3) is 6.08 Å². The van der Waals surface area contributed by atoms with Gasteiger partial charge in [-0.2, -0.15) is 17.9 Å². The van der Waals surface area contributed by atoms with E-state index >= 15 is 0 Å². The zero-order valence-electron chi connectivity index (χ0n) is 6.87. The summed E-state index contributed by atoms with van der Waals surface area (Å²) in [7, 11) is 0. The van der Waals surface area contributed by atoms with Gasteiger partial charge in [0.05, 0.1) is 11.6 Å². The summed E-state index contributed by atoms with van der Waals surface area (Å²) in [5, 5.41) is 9.18. The number of rotatable bonds is 2. The van der Waals surface area contributed by atoms with Gasteiger partial charge < -0.3 is 0 Å². The summed E-state index contributed by atoms with van der Waals surface area (Å²) in [6, 6.07) is 7.24. The minimum atomic E-state index is 0.577. The van der Waals surface area contributed by atoms with Crippen LogP contribution in [0.1, 0.15) is 11.1 Å². The molecule has 0 unspecified atom stereocenters. The van der Waals surface area contributed by atoms with Gasteiger partial charge in [0, 0.05) is 10.8 Å². The van der Waals surface area contributed by atoms with Crippen molar-refractivity contribution in [1.82, 2.24) is 0 Å². The molecule has 0 saturated heterocycles. The topological polar surface area (TPSA) is 23.8 Å². The van der Waals surface area contributed by atoms with E-state index in [1.54, 1.807) is 12.1 Å². The molecule has 0 atom stereocenters. The number of thiol groups is 1. The quantitative estimate of drug-likeness (QED) is 0.744. The Morgan fingerprint density at radius 2 is 2.31 bits per heavy atom. The summed E-state index contributed by atoms with van der Waals surface area (Å²) < 4.78 is 0. The van der Waals surface area contributed by atoms with E-state index in [1.165, 1.54) is 0 Å². The first-order valence-electron chi connectivity index (χ1n) is 3.75. The van der Waals surface area contributed by atoms with Crippen molar-refractivity contribution in [2.45, 2.75) is 0 Å². The largest absolute Gasteiger partial charge is 0.192 e. The van der Waals surface area contributed by atoms with Gasteiger partial charge in [-0.05, 0) is 17.7 Å². The number of halogens is 1. The molecule has 1 rings (SSSR count). The van der Waals surface area contributed by atoms with E-state index in [0.717, 1.165) is 5.56 Å². The molecule has 0 spiro atoms. The summed E-state index contributed by atoms with van der Waals surface area (Å²) in [6.07, 6.45) is 3.78. The number of hydrogen-bond acceptors (Lipinski definition) is 2. The van der Waals surface area contributed by atoms with Crippen molar-refractivity contribution in [1.29, 1.82) is 5.26 Å². The van der Waals surface area contributed by atoms with Gasteiger partial charge in [0.15, 0.2) is 0 Å². The number of nitriles is 1. The van der Waals surface area contributed by atoms with Crippen molar-refractivity contribution >= 4 is 30.3 Å². The van der Waals surface area contributed by atoms with Crippen LogP contribution < -0.4 is 0 Å². The van der Waals surface area contributed by atoms with Gasteiger partial charge in [0.2, 0.25) is 0 Å². The van der Waals surface area contributed by atoms with Crippen molar-refractivity contribution < 1.29 is 0 Å². The Bertz CT molecular complexity index is 366. The summed E-state index contributed by atoms with van der Waals surface area (Å²) >= 11 is 9.96. The fourth-order valence-corrected chi connectivity index (χ4v) is 1.26. The van der Waals surface area contributed by atoms with Crippen molar-refractivity contribution in [3.8, 4) is 6.07 Å². The molecule has 0 aliphatic carbocycles. The van der Waals surface area contributed by atoms with Crippen molar-refractivity contribution in [3.63, 3.8) is 0 Å². The highest BCUT2D eigenvalue weighted by atomic mass is 35.5. The first kappa shape index (κ1) is 10.2. The Kier molecular flexibility index (Phi) is 3.88. The van der Waals surface area contributed by atoms with Crippen LogP contribution in [0, 0.1) is 11.3 Å². The third kappa shape index (κ3) is 2.80. The summed E-state index contributed by atoms with van der Waals surface area (Å²) in [5.41, 5.74) is 1.49. The average molecular weight is 210 g/mol. The number of nitrogens with zero attached hydrogens (tertiary/aromatic N) is 1. The highest BCUT2D eigenvalue weighted by molar-refractivity contribution is 7.80. The highest BCUT2D eigenvalue weighted by Crippen LogP contribution is 2.18. The molecule has 0 aliphatic rings. The second-order valence-corrected chi connectivity index (χ2v) is 3.21. The third-order valence-electron chi connectivity index (χ3n) is 1.53. The number of benzene rings is 1. The smallest absolute Gasteiger partial charge is 0.0992 e. The minimum absolute atomic E-state index is 0.577. The van der Waals surface area contributed by atoms with Crippen LogP contribution in [0.5, 0.6) is 0 Å². The molecular weight excluding hydrogens is 202 g/mol. The highest BCUT2D eigenvalue weighted by Gasteiger charge is 1.97. The van der Waals surface area contributed by atoms with Crippen molar-refractivity contribution in [2.75, 3.05) is 5.75 Å². The lowest BCUT2D eigenvalue weighted by Crippen LogP contribution is -1.78. The molecule has 66 valence electrons. The van der Waals surface area contributed by atoms with Gasteiger partial charge in [0.1, 0.15) is 0 Å². The van der Waals surface area contributed by atoms with Crippen LogP contribution >= 0.6 is 24.2 Å². The normalized spacial score (nSPS) is 10.2. The average Bonchev–Trinajstić information content (AvgIpc) is 2.16. The molecule has 0 fully saturated rings. The molecular formula is C10H8ClNS. The SMILES string of the molecule is N#Cc1ccc(C=CCS)c(Cl)c1. The summed E-state index contributed by atoms with van der Waals surface area (Å²) in [5.74, 6) is 0.677. The van der Waals surface area contributed by atoms with Crippen molar-refractivity contribution in [2.24, 2.45) is 0 Å². The molecule has 1 nitrogen and oxygen atoms in total. The lowest BCUT2D eigenvalue weighted by molar-refractivity contribution is 1.48. The molecule has 3 heteroatoms. The Balaban J connectivity index is 3.00. The maximum absolute atomic E-state index is 8.59. The van der Waals surface area contributed by atoms with Crippen LogP contribution in [0.15, 0.2) is 24.3 Å². The molecule has 0 amide bonds. The number of hydrogen-bond donors (Lipinski definition) is 1. The standard InChI is InChI=1S/C10H8ClNS/c11-10-6-8(7-12)3-4-9(10)2-1-5-13/h1-4,6,13H,5H2. The molecule has 1 aromatic carbocycles. The monoisotopic (exact) mass is 209 g/mol. The predicted octanol–water partition coefficient (Wildman–Crippen LogP) is 3.15. The molecule has 0 heterocycles. The molecule has 0 aromatic heterocycles. The van der Waals surface area contributed by atoms with Crippen LogP contribution in [0.2, 0.25) is 5.02 Å². The maximum Gasteiger partial charge on any atom is 0.0992 e. The second-order valence-electron chi connectivity index (χ2n) is 2.43. The van der Waals surface area contributed by atoms with Gasteiger partial charge in [-0.15, -0.1) is 0 Å². The Morgan fingerprint density at radius 3 is 2.85 bits per heavy atom. The first-order chi connectivity index (χ1) is 6.27. The van der Waals surface area contributed by atoms with E-state index in [1.807, 2.05) is 24.3 Å². The zero-order valence-corrected chi connectivity index (χ0v) is 8.52. The lowest BCUT2D eigenvalue weighted by atomic mass is 10.1. The zero-order chi connectivity index (χ0) is 9.68. The van der Waals surface area contributed by atoms with E-state index < -0.39 is 0 Å². The fourth-order valence-electron chi connectivity index (χ4n) is 0.912. The van der Waals surface area contributed by atoms with Gasteiger partial charge in [-0.25, -0.2) is 0 Å². The molecule has 1 aromatic rings. The van der Waals surface area contributed by atoms with Gasteiger partial charge in [-0.1, -0.05) is 29.8 Å². The first-order valence-corrected chi connectivity index (χ1v) is 4.76. The van der Waals surface area contributed by atoms with Gasteiger partial charge in [0.25, 0.3) is 0 Å². The summed E-state index contributed by atoms with van der Waals surface area (Å²) in [4.78, 5) is 0. The molecule has 0 aliphatic heterocycles. The minimum Gasteiger partial charge on any atom is -0.192 e. The lowest BCUT2D eigenvalue weighted by Gasteiger charge is -1.97. The van der Waals surface area contributed by atoms with E-state index in [-0.39, 0.29) is 0 Å². The van der Waals surface area contributed by atoms with Gasteiger partial charge in [-0.3, -0.25) is 0 Å². The van der Waals surface area contributed by atoms with Crippen LogP contribution in [-0.2, 0) is 0 Å². The van der Waals surface area contributed by atoms with E-state index in [0.29, 0.717) is 16.3 Å². The maximum atomic E-state index is 8.59. The van der Waals surface area contributed by atoms with Crippen LogP contribution in [0.3, 0.4) is 0 Å².